The molecule has 0 amide bonds. The molecule has 22 heavy (non-hydrogen) atoms. The highest BCUT2D eigenvalue weighted by atomic mass is 127. The average molecular weight is 524 g/mol. The highest BCUT2D eigenvalue weighted by Crippen LogP contribution is 2.33. The Morgan fingerprint density at radius 1 is 1.18 bits per heavy atom. The molecule has 0 bridgehead atoms. The predicted octanol–water partition coefficient (Wildman–Crippen LogP) is 3.22. The van der Waals surface area contributed by atoms with Crippen LogP contribution >= 0.6 is 45.2 Å². The summed E-state index contributed by atoms with van der Waals surface area (Å²) in [5.74, 6) is 0.422. The minimum absolute atomic E-state index is 0.281. The maximum atomic E-state index is 10.8. The Labute approximate surface area is 155 Å². The van der Waals surface area contributed by atoms with Gasteiger partial charge in [0.1, 0.15) is 11.8 Å². The lowest BCUT2D eigenvalue weighted by molar-refractivity contribution is -0.138. The Hall–Kier alpha value is -1.07. The molecule has 0 aliphatic rings. The van der Waals surface area contributed by atoms with Gasteiger partial charge in [0, 0.05) is 5.69 Å². The topological polar surface area (TPSA) is 98.6 Å². The van der Waals surface area contributed by atoms with Gasteiger partial charge in [0.15, 0.2) is 5.75 Å². The molecular formula is C15H14I2N2O3. The SMILES string of the molecule is Nc1ccc(Oc2c(I)cc(C[C@H](N)C(=O)O)cc2I)cc1. The molecule has 7 heteroatoms. The van der Waals surface area contributed by atoms with Crippen molar-refractivity contribution in [3.8, 4) is 11.5 Å². The number of rotatable bonds is 5. The van der Waals surface area contributed by atoms with Gasteiger partial charge in [0.2, 0.25) is 0 Å². The summed E-state index contributed by atoms with van der Waals surface area (Å²) in [4.78, 5) is 10.8. The highest BCUT2D eigenvalue weighted by molar-refractivity contribution is 14.1. The van der Waals surface area contributed by atoms with Crippen molar-refractivity contribution in [2.45, 2.75) is 12.5 Å². The molecule has 0 saturated heterocycles. The standard InChI is InChI=1S/C15H14I2N2O3/c16-11-5-8(7-13(19)15(20)21)6-12(17)14(11)22-10-3-1-9(18)2-4-10/h1-6,13H,7,18-19H2,(H,20,21)/t13-/m0/s1. The lowest BCUT2D eigenvalue weighted by Crippen LogP contribution is -2.32. The molecule has 0 unspecified atom stereocenters. The zero-order valence-corrected chi connectivity index (χ0v) is 15.7. The summed E-state index contributed by atoms with van der Waals surface area (Å²) >= 11 is 4.33. The number of hydrogen-bond donors (Lipinski definition) is 3. The molecule has 0 fully saturated rings. The molecule has 0 heterocycles. The van der Waals surface area contributed by atoms with E-state index in [1.165, 1.54) is 0 Å². The summed E-state index contributed by atoms with van der Waals surface area (Å²) in [7, 11) is 0. The van der Waals surface area contributed by atoms with Gasteiger partial charge in [-0.3, -0.25) is 4.79 Å². The van der Waals surface area contributed by atoms with Crippen LogP contribution in [0.5, 0.6) is 11.5 Å². The number of carboxylic acid groups (broad SMARTS) is 1. The third-order valence-electron chi connectivity index (χ3n) is 2.93. The van der Waals surface area contributed by atoms with Crippen LogP contribution in [0.2, 0.25) is 0 Å². The molecule has 5 N–H and O–H groups in total. The lowest BCUT2D eigenvalue weighted by Gasteiger charge is -2.13. The molecule has 0 aromatic heterocycles. The fourth-order valence-electron chi connectivity index (χ4n) is 1.82. The van der Waals surface area contributed by atoms with Crippen LogP contribution in [0.1, 0.15) is 5.56 Å². The predicted molar refractivity (Wildman–Crippen MR) is 102 cm³/mol. The maximum absolute atomic E-state index is 10.8. The molecule has 2 rings (SSSR count). The Morgan fingerprint density at radius 3 is 2.23 bits per heavy atom. The zero-order valence-electron chi connectivity index (χ0n) is 11.4. The molecular weight excluding hydrogens is 510 g/mol. The molecule has 0 aliphatic heterocycles. The van der Waals surface area contributed by atoms with Crippen molar-refractivity contribution in [1.82, 2.24) is 0 Å². The van der Waals surface area contributed by atoms with Gasteiger partial charge in [0.25, 0.3) is 0 Å². The Morgan fingerprint density at radius 2 is 1.73 bits per heavy atom. The number of anilines is 1. The summed E-state index contributed by atoms with van der Waals surface area (Å²) in [6.07, 6.45) is 0.281. The van der Waals surface area contributed by atoms with Crippen LogP contribution in [-0.2, 0) is 11.2 Å². The Kier molecular flexibility index (Phi) is 5.87. The number of carboxylic acids is 1. The largest absolute Gasteiger partial charge is 0.480 e. The van der Waals surface area contributed by atoms with Crippen LogP contribution in [0, 0.1) is 7.14 Å². The van der Waals surface area contributed by atoms with Crippen LogP contribution in [0.25, 0.3) is 0 Å². The van der Waals surface area contributed by atoms with E-state index in [0.29, 0.717) is 11.4 Å². The minimum Gasteiger partial charge on any atom is -0.480 e. The maximum Gasteiger partial charge on any atom is 0.320 e. The van der Waals surface area contributed by atoms with E-state index in [1.807, 2.05) is 12.1 Å². The van der Waals surface area contributed by atoms with Crippen molar-refractivity contribution in [3.05, 3.63) is 49.1 Å². The first-order valence-electron chi connectivity index (χ1n) is 6.36. The number of nitrogen functional groups attached to an aromatic ring is 1. The van der Waals surface area contributed by atoms with Crippen LogP contribution in [0.3, 0.4) is 0 Å². The van der Waals surface area contributed by atoms with E-state index in [2.05, 4.69) is 45.2 Å². The monoisotopic (exact) mass is 524 g/mol. The summed E-state index contributed by atoms with van der Waals surface area (Å²) < 4.78 is 7.68. The third kappa shape index (κ3) is 4.46. The van der Waals surface area contributed by atoms with Crippen molar-refractivity contribution < 1.29 is 14.6 Å². The van der Waals surface area contributed by atoms with Gasteiger partial charge in [-0.1, -0.05) is 0 Å². The van der Waals surface area contributed by atoms with Crippen molar-refractivity contribution in [1.29, 1.82) is 0 Å². The second kappa shape index (κ2) is 7.47. The van der Waals surface area contributed by atoms with Crippen molar-refractivity contribution in [2.24, 2.45) is 5.73 Å². The molecule has 0 radical (unpaired) electrons. The van der Waals surface area contributed by atoms with Crippen molar-refractivity contribution in [2.75, 3.05) is 5.73 Å². The van der Waals surface area contributed by atoms with Crippen LogP contribution in [-0.4, -0.2) is 17.1 Å². The van der Waals surface area contributed by atoms with Gasteiger partial charge in [-0.2, -0.15) is 0 Å². The van der Waals surface area contributed by atoms with Crippen LogP contribution in [0.15, 0.2) is 36.4 Å². The smallest absolute Gasteiger partial charge is 0.320 e. The molecule has 5 nitrogen and oxygen atoms in total. The fraction of sp³-hybridized carbons (Fsp3) is 0.133. The zero-order chi connectivity index (χ0) is 16.3. The van der Waals surface area contributed by atoms with E-state index in [9.17, 15) is 4.79 Å². The fourth-order valence-corrected chi connectivity index (χ4v) is 3.94. The average Bonchev–Trinajstić information content (AvgIpc) is 2.44. The Balaban J connectivity index is 2.23. The summed E-state index contributed by atoms with van der Waals surface area (Å²) in [5, 5.41) is 8.89. The molecule has 2 aromatic rings. The van der Waals surface area contributed by atoms with Gasteiger partial charge in [-0.25, -0.2) is 0 Å². The van der Waals surface area contributed by atoms with Crippen molar-refractivity contribution >= 4 is 56.8 Å². The number of carbonyl (C=O) groups is 1. The first kappa shape index (κ1) is 17.3. The van der Waals surface area contributed by atoms with Crippen LogP contribution < -0.4 is 16.2 Å². The van der Waals surface area contributed by atoms with Gasteiger partial charge in [0.05, 0.1) is 7.14 Å². The highest BCUT2D eigenvalue weighted by Gasteiger charge is 2.15. The number of aliphatic carboxylic acids is 1. The van der Waals surface area contributed by atoms with E-state index in [1.54, 1.807) is 24.3 Å². The number of nitrogens with two attached hydrogens (primary N) is 2. The van der Waals surface area contributed by atoms with Crippen LogP contribution in [0.4, 0.5) is 5.69 Å². The van der Waals surface area contributed by atoms with Gasteiger partial charge < -0.3 is 21.3 Å². The van der Waals surface area contributed by atoms with Gasteiger partial charge >= 0.3 is 5.97 Å². The summed E-state index contributed by atoms with van der Waals surface area (Å²) in [6.45, 7) is 0. The van der Waals surface area contributed by atoms with Gasteiger partial charge in [-0.15, -0.1) is 0 Å². The molecule has 0 aliphatic carbocycles. The van der Waals surface area contributed by atoms with E-state index >= 15 is 0 Å². The van der Waals surface area contributed by atoms with E-state index in [0.717, 1.165) is 18.5 Å². The second-order valence-electron chi connectivity index (χ2n) is 4.71. The minimum atomic E-state index is -1.01. The summed E-state index contributed by atoms with van der Waals surface area (Å²) in [5.41, 5.74) is 12.8. The lowest BCUT2D eigenvalue weighted by atomic mass is 10.1. The number of hydrogen-bond acceptors (Lipinski definition) is 4. The van der Waals surface area contributed by atoms with E-state index in [-0.39, 0.29) is 6.42 Å². The first-order valence-corrected chi connectivity index (χ1v) is 8.52. The van der Waals surface area contributed by atoms with E-state index in [4.69, 9.17) is 21.3 Å². The number of ether oxygens (including phenoxy) is 1. The number of halogens is 2. The third-order valence-corrected chi connectivity index (χ3v) is 4.53. The quantitative estimate of drug-likeness (QED) is 0.413. The molecule has 2 aromatic carbocycles. The van der Waals surface area contributed by atoms with Crippen molar-refractivity contribution in [3.63, 3.8) is 0 Å². The Bertz CT molecular complexity index is 667. The second-order valence-corrected chi connectivity index (χ2v) is 7.03. The normalized spacial score (nSPS) is 12.0. The molecule has 0 spiro atoms. The van der Waals surface area contributed by atoms with E-state index < -0.39 is 12.0 Å². The molecule has 1 atom stereocenters. The molecule has 0 saturated carbocycles. The number of benzene rings is 2. The first-order chi connectivity index (χ1) is 10.4. The molecule has 116 valence electrons. The summed E-state index contributed by atoms with van der Waals surface area (Å²) in [6, 6.07) is 10.0. The van der Waals surface area contributed by atoms with Gasteiger partial charge in [-0.05, 0) is 93.6 Å².